The average Bonchev–Trinajstić information content (AvgIpc) is 2.36. The second-order valence-electron chi connectivity index (χ2n) is 5.80. The SMILES string of the molecule is CCCN(CC(=O)NC)S(=O)(=O)CC1COCC(C)(C)O1. The van der Waals surface area contributed by atoms with Crippen molar-refractivity contribution < 1.29 is 22.7 Å². The number of ether oxygens (including phenoxy) is 2. The highest BCUT2D eigenvalue weighted by Gasteiger charge is 2.34. The molecule has 0 aromatic heterocycles. The van der Waals surface area contributed by atoms with Gasteiger partial charge in [0.15, 0.2) is 0 Å². The zero-order valence-electron chi connectivity index (χ0n) is 13.2. The van der Waals surface area contributed by atoms with Gasteiger partial charge in [0, 0.05) is 13.6 Å². The molecule has 0 saturated carbocycles. The van der Waals surface area contributed by atoms with Crippen molar-refractivity contribution in [2.75, 3.05) is 39.1 Å². The minimum absolute atomic E-state index is 0.163. The highest BCUT2D eigenvalue weighted by molar-refractivity contribution is 7.89. The van der Waals surface area contributed by atoms with E-state index in [0.717, 1.165) is 0 Å². The van der Waals surface area contributed by atoms with Crippen molar-refractivity contribution >= 4 is 15.9 Å². The molecule has 1 atom stereocenters. The summed E-state index contributed by atoms with van der Waals surface area (Å²) in [5.41, 5.74) is -0.491. The van der Waals surface area contributed by atoms with Crippen LogP contribution in [0.15, 0.2) is 0 Å². The summed E-state index contributed by atoms with van der Waals surface area (Å²) in [7, 11) is -2.09. The van der Waals surface area contributed by atoms with E-state index in [-0.39, 0.29) is 24.8 Å². The van der Waals surface area contributed by atoms with E-state index >= 15 is 0 Å². The number of carbonyl (C=O) groups is 1. The zero-order chi connectivity index (χ0) is 16.1. The van der Waals surface area contributed by atoms with Crippen molar-refractivity contribution in [3.05, 3.63) is 0 Å². The summed E-state index contributed by atoms with van der Waals surface area (Å²) in [5, 5.41) is 2.44. The first kappa shape index (κ1) is 18.3. The van der Waals surface area contributed by atoms with Crippen LogP contribution < -0.4 is 5.32 Å². The third kappa shape index (κ3) is 5.90. The Kier molecular flexibility index (Phi) is 6.58. The molecule has 1 aliphatic rings. The van der Waals surface area contributed by atoms with Crippen LogP contribution in [0.4, 0.5) is 0 Å². The van der Waals surface area contributed by atoms with Gasteiger partial charge in [0.2, 0.25) is 15.9 Å². The summed E-state index contributed by atoms with van der Waals surface area (Å²) in [6, 6.07) is 0. The Morgan fingerprint density at radius 2 is 2.10 bits per heavy atom. The Morgan fingerprint density at radius 3 is 2.62 bits per heavy atom. The van der Waals surface area contributed by atoms with E-state index in [1.54, 1.807) is 0 Å². The van der Waals surface area contributed by atoms with Gasteiger partial charge in [-0.1, -0.05) is 6.92 Å². The molecule has 1 rings (SSSR count). The molecule has 8 heteroatoms. The first-order valence-electron chi connectivity index (χ1n) is 7.14. The van der Waals surface area contributed by atoms with Crippen molar-refractivity contribution in [2.24, 2.45) is 0 Å². The van der Waals surface area contributed by atoms with Crippen LogP contribution in [0.25, 0.3) is 0 Å². The van der Waals surface area contributed by atoms with Gasteiger partial charge in [0.05, 0.1) is 37.2 Å². The van der Waals surface area contributed by atoms with Gasteiger partial charge in [0.1, 0.15) is 0 Å². The third-order valence-corrected chi connectivity index (χ3v) is 4.99. The molecule has 7 nitrogen and oxygen atoms in total. The second kappa shape index (κ2) is 7.53. The van der Waals surface area contributed by atoms with Crippen molar-refractivity contribution in [1.82, 2.24) is 9.62 Å². The van der Waals surface area contributed by atoms with Gasteiger partial charge in [-0.25, -0.2) is 8.42 Å². The summed E-state index contributed by atoms with van der Waals surface area (Å²) in [6.45, 7) is 6.44. The van der Waals surface area contributed by atoms with Gasteiger partial charge < -0.3 is 14.8 Å². The lowest BCUT2D eigenvalue weighted by Gasteiger charge is -2.36. The molecule has 0 bridgehead atoms. The van der Waals surface area contributed by atoms with Gasteiger partial charge in [-0.15, -0.1) is 0 Å². The fourth-order valence-electron chi connectivity index (χ4n) is 2.18. The summed E-state index contributed by atoms with van der Waals surface area (Å²) >= 11 is 0. The lowest BCUT2D eigenvalue weighted by atomic mass is 10.1. The molecule has 1 fully saturated rings. The standard InChI is InChI=1S/C13H26N2O5S/c1-5-6-15(7-12(16)14-4)21(17,18)9-11-8-19-10-13(2,3)20-11/h11H,5-10H2,1-4H3,(H,14,16). The number of nitrogens with one attached hydrogen (secondary N) is 1. The van der Waals surface area contributed by atoms with E-state index in [1.807, 2.05) is 20.8 Å². The second-order valence-corrected chi connectivity index (χ2v) is 7.81. The minimum Gasteiger partial charge on any atom is -0.376 e. The largest absolute Gasteiger partial charge is 0.376 e. The van der Waals surface area contributed by atoms with Crippen LogP contribution in [-0.2, 0) is 24.3 Å². The van der Waals surface area contributed by atoms with E-state index < -0.39 is 21.7 Å². The number of sulfonamides is 1. The Morgan fingerprint density at radius 1 is 1.43 bits per heavy atom. The van der Waals surface area contributed by atoms with E-state index in [9.17, 15) is 13.2 Å². The van der Waals surface area contributed by atoms with Crippen LogP contribution in [0.3, 0.4) is 0 Å². The number of likely N-dealkylation sites (N-methyl/N-ethyl adjacent to an activating group) is 1. The van der Waals surface area contributed by atoms with Crippen LogP contribution in [0.5, 0.6) is 0 Å². The topological polar surface area (TPSA) is 84.9 Å². The van der Waals surface area contributed by atoms with Crippen molar-refractivity contribution in [3.8, 4) is 0 Å². The van der Waals surface area contributed by atoms with E-state index in [1.165, 1.54) is 11.4 Å². The lowest BCUT2D eigenvalue weighted by molar-refractivity contribution is -0.174. The van der Waals surface area contributed by atoms with Gasteiger partial charge in [-0.05, 0) is 20.3 Å². The van der Waals surface area contributed by atoms with Crippen LogP contribution in [0.2, 0.25) is 0 Å². The molecule has 124 valence electrons. The normalized spacial score (nSPS) is 22.2. The van der Waals surface area contributed by atoms with E-state index in [2.05, 4.69) is 5.32 Å². The van der Waals surface area contributed by atoms with Crippen molar-refractivity contribution in [2.45, 2.75) is 38.9 Å². The molecule has 1 heterocycles. The molecule has 0 aromatic carbocycles. The van der Waals surface area contributed by atoms with Crippen molar-refractivity contribution in [3.63, 3.8) is 0 Å². The molecular weight excluding hydrogens is 296 g/mol. The van der Waals surface area contributed by atoms with E-state index in [0.29, 0.717) is 19.6 Å². The smallest absolute Gasteiger partial charge is 0.235 e. The molecule has 1 N–H and O–H groups in total. The Bertz CT molecular complexity index is 449. The van der Waals surface area contributed by atoms with Gasteiger partial charge in [-0.2, -0.15) is 4.31 Å². The maximum Gasteiger partial charge on any atom is 0.235 e. The lowest BCUT2D eigenvalue weighted by Crippen LogP contribution is -2.49. The predicted molar refractivity (Wildman–Crippen MR) is 79.5 cm³/mol. The molecule has 0 spiro atoms. The molecule has 0 aromatic rings. The number of hydrogen-bond acceptors (Lipinski definition) is 5. The van der Waals surface area contributed by atoms with Crippen LogP contribution >= 0.6 is 0 Å². The molecule has 0 aliphatic carbocycles. The highest BCUT2D eigenvalue weighted by Crippen LogP contribution is 2.20. The average molecular weight is 322 g/mol. The maximum absolute atomic E-state index is 12.5. The molecule has 1 aliphatic heterocycles. The molecule has 1 amide bonds. The zero-order valence-corrected chi connectivity index (χ0v) is 14.0. The van der Waals surface area contributed by atoms with Crippen LogP contribution in [0.1, 0.15) is 27.2 Å². The molecule has 21 heavy (non-hydrogen) atoms. The Labute approximate surface area is 127 Å². The Hall–Kier alpha value is -0.700. The van der Waals surface area contributed by atoms with Crippen molar-refractivity contribution in [1.29, 1.82) is 0 Å². The first-order valence-corrected chi connectivity index (χ1v) is 8.75. The highest BCUT2D eigenvalue weighted by atomic mass is 32.2. The van der Waals surface area contributed by atoms with Gasteiger partial charge in [-0.3, -0.25) is 4.79 Å². The predicted octanol–water partition coefficient (Wildman–Crippen LogP) is -0.0318. The van der Waals surface area contributed by atoms with Gasteiger partial charge >= 0.3 is 0 Å². The summed E-state index contributed by atoms with van der Waals surface area (Å²) in [4.78, 5) is 11.5. The van der Waals surface area contributed by atoms with Gasteiger partial charge in [0.25, 0.3) is 0 Å². The monoisotopic (exact) mass is 322 g/mol. The molecular formula is C13H26N2O5S. The summed E-state index contributed by atoms with van der Waals surface area (Å²) < 4.78 is 37.3. The van der Waals surface area contributed by atoms with E-state index in [4.69, 9.17) is 9.47 Å². The number of hydrogen-bond donors (Lipinski definition) is 1. The maximum atomic E-state index is 12.5. The Balaban J connectivity index is 2.74. The van der Waals surface area contributed by atoms with Crippen LogP contribution in [-0.4, -0.2) is 69.4 Å². The number of rotatable bonds is 7. The molecule has 1 unspecified atom stereocenters. The number of amides is 1. The third-order valence-electron chi connectivity index (χ3n) is 3.10. The first-order chi connectivity index (χ1) is 9.70. The quantitative estimate of drug-likeness (QED) is 0.711. The minimum atomic E-state index is -3.57. The number of nitrogens with zero attached hydrogens (tertiary/aromatic N) is 1. The molecule has 1 saturated heterocycles. The number of carbonyl (C=O) groups excluding carboxylic acids is 1. The fraction of sp³-hybridized carbons (Fsp3) is 0.923. The summed E-state index contributed by atoms with van der Waals surface area (Å²) in [5.74, 6) is -0.499. The fourth-order valence-corrected chi connectivity index (χ4v) is 3.80. The van der Waals surface area contributed by atoms with Crippen LogP contribution in [0, 0.1) is 0 Å². The summed E-state index contributed by atoms with van der Waals surface area (Å²) in [6.07, 6.45) is 0.131. The molecule has 0 radical (unpaired) electrons.